The van der Waals surface area contributed by atoms with E-state index in [9.17, 15) is 13.2 Å². The van der Waals surface area contributed by atoms with Crippen molar-refractivity contribution in [2.24, 2.45) is 0 Å². The second kappa shape index (κ2) is 5.89. The van der Waals surface area contributed by atoms with E-state index in [-0.39, 0.29) is 21.6 Å². The molecular weight excluding hydrogens is 327 g/mol. The van der Waals surface area contributed by atoms with E-state index >= 15 is 0 Å². The van der Waals surface area contributed by atoms with Crippen molar-refractivity contribution in [1.82, 2.24) is 0 Å². The molecule has 5 nitrogen and oxygen atoms in total. The highest BCUT2D eigenvalue weighted by Crippen LogP contribution is 2.29. The lowest BCUT2D eigenvalue weighted by Gasteiger charge is -2.12. The largest absolute Gasteiger partial charge is 0.456 e. The van der Waals surface area contributed by atoms with Gasteiger partial charge in [0.2, 0.25) is 0 Å². The number of hydrogen-bond donors (Lipinski definition) is 0. The maximum absolute atomic E-state index is 12.0. The Morgan fingerprint density at radius 3 is 2.70 bits per heavy atom. The van der Waals surface area contributed by atoms with E-state index in [1.807, 2.05) is 0 Å². The van der Waals surface area contributed by atoms with Crippen LogP contribution in [0.2, 0.25) is 5.02 Å². The maximum Gasteiger partial charge on any atom is 0.338 e. The molecule has 0 aliphatic carbocycles. The van der Waals surface area contributed by atoms with Gasteiger partial charge in [-0.15, -0.1) is 0 Å². The summed E-state index contributed by atoms with van der Waals surface area (Å²) in [6.07, 6.45) is 0.313. The number of esters is 1. The van der Waals surface area contributed by atoms with Gasteiger partial charge in [-0.25, -0.2) is 13.2 Å². The first-order chi connectivity index (χ1) is 9.29. The topological polar surface area (TPSA) is 69.7 Å². The van der Waals surface area contributed by atoms with Crippen LogP contribution in [-0.2, 0) is 18.5 Å². The Morgan fingerprint density at radius 2 is 2.15 bits per heavy atom. The highest BCUT2D eigenvalue weighted by Gasteiger charge is 2.24. The standard InChI is InChI=1S/C12H12Cl2O5S/c1-7-4-8(5-10(11(7)13)20(14,16)17)12(15)19-9-2-3-18-6-9/h4-5,9H,2-3,6H2,1H3. The second-order valence-corrected chi connectivity index (χ2v) is 7.35. The molecule has 0 bridgehead atoms. The van der Waals surface area contributed by atoms with E-state index in [4.69, 9.17) is 31.8 Å². The molecule has 0 spiro atoms. The van der Waals surface area contributed by atoms with Crippen LogP contribution in [0.3, 0.4) is 0 Å². The number of rotatable bonds is 3. The molecule has 0 amide bonds. The summed E-state index contributed by atoms with van der Waals surface area (Å²) >= 11 is 5.89. The fourth-order valence-electron chi connectivity index (χ4n) is 1.86. The lowest BCUT2D eigenvalue weighted by molar-refractivity contribution is 0.0270. The van der Waals surface area contributed by atoms with Crippen LogP contribution in [0.4, 0.5) is 0 Å². The fraction of sp³-hybridized carbons (Fsp3) is 0.417. The third-order valence-corrected chi connectivity index (χ3v) is 4.84. The van der Waals surface area contributed by atoms with Gasteiger partial charge in [-0.3, -0.25) is 0 Å². The number of carbonyl (C=O) groups is 1. The van der Waals surface area contributed by atoms with Crippen LogP contribution >= 0.6 is 22.3 Å². The average molecular weight is 339 g/mol. The summed E-state index contributed by atoms with van der Waals surface area (Å²) in [5.41, 5.74) is 0.529. The van der Waals surface area contributed by atoms with E-state index < -0.39 is 15.0 Å². The normalized spacial score (nSPS) is 19.1. The van der Waals surface area contributed by atoms with Crippen molar-refractivity contribution in [3.63, 3.8) is 0 Å². The van der Waals surface area contributed by atoms with Crippen LogP contribution in [0.15, 0.2) is 17.0 Å². The van der Waals surface area contributed by atoms with Crippen LogP contribution in [0.5, 0.6) is 0 Å². The Bertz CT molecular complexity index is 635. The average Bonchev–Trinajstić information content (AvgIpc) is 2.83. The summed E-state index contributed by atoms with van der Waals surface area (Å²) in [6.45, 7) is 2.47. The molecule has 0 aromatic heterocycles. The number of carbonyl (C=O) groups excluding carboxylic acids is 1. The van der Waals surface area contributed by atoms with Crippen molar-refractivity contribution in [2.75, 3.05) is 13.2 Å². The third kappa shape index (κ3) is 3.44. The maximum atomic E-state index is 12.0. The predicted octanol–water partition coefficient (Wildman–Crippen LogP) is 2.52. The molecule has 1 heterocycles. The molecule has 1 aromatic carbocycles. The minimum Gasteiger partial charge on any atom is -0.456 e. The molecular formula is C12H12Cl2O5S. The van der Waals surface area contributed by atoms with Gasteiger partial charge in [-0.2, -0.15) is 0 Å². The summed E-state index contributed by atoms with van der Waals surface area (Å²) in [5, 5.41) is 0.000694. The van der Waals surface area contributed by atoms with E-state index in [2.05, 4.69) is 0 Å². The second-order valence-electron chi connectivity index (χ2n) is 4.43. The van der Waals surface area contributed by atoms with Gasteiger partial charge in [-0.05, 0) is 24.6 Å². The van der Waals surface area contributed by atoms with Gasteiger partial charge in [0.25, 0.3) is 9.05 Å². The highest BCUT2D eigenvalue weighted by atomic mass is 35.7. The summed E-state index contributed by atoms with van der Waals surface area (Å²) in [4.78, 5) is 11.7. The van der Waals surface area contributed by atoms with E-state index in [1.165, 1.54) is 6.07 Å². The van der Waals surface area contributed by atoms with Crippen molar-refractivity contribution in [3.8, 4) is 0 Å². The van der Waals surface area contributed by atoms with Gasteiger partial charge >= 0.3 is 5.97 Å². The molecule has 1 aromatic rings. The molecule has 1 atom stereocenters. The molecule has 20 heavy (non-hydrogen) atoms. The van der Waals surface area contributed by atoms with E-state index in [0.29, 0.717) is 25.2 Å². The highest BCUT2D eigenvalue weighted by molar-refractivity contribution is 8.13. The molecule has 8 heteroatoms. The molecule has 0 N–H and O–H groups in total. The molecule has 0 radical (unpaired) electrons. The Labute approximate surface area is 126 Å². The number of ether oxygens (including phenoxy) is 2. The zero-order valence-corrected chi connectivity index (χ0v) is 12.9. The SMILES string of the molecule is Cc1cc(C(=O)OC2CCOC2)cc(S(=O)(=O)Cl)c1Cl. The Balaban J connectivity index is 2.32. The Kier molecular flexibility index (Phi) is 4.59. The Morgan fingerprint density at radius 1 is 1.45 bits per heavy atom. The number of halogens is 2. The van der Waals surface area contributed by atoms with Crippen LogP contribution in [0.1, 0.15) is 22.3 Å². The van der Waals surface area contributed by atoms with Crippen LogP contribution < -0.4 is 0 Å². The first-order valence-corrected chi connectivity index (χ1v) is 8.51. The van der Waals surface area contributed by atoms with Crippen molar-refractivity contribution in [2.45, 2.75) is 24.3 Å². The zero-order chi connectivity index (χ0) is 14.9. The summed E-state index contributed by atoms with van der Waals surface area (Å²) < 4.78 is 33.2. The number of hydrogen-bond acceptors (Lipinski definition) is 5. The van der Waals surface area contributed by atoms with Crippen molar-refractivity contribution in [1.29, 1.82) is 0 Å². The molecule has 1 saturated heterocycles. The molecule has 2 rings (SSSR count). The van der Waals surface area contributed by atoms with Gasteiger partial charge in [0.05, 0.1) is 23.8 Å². The van der Waals surface area contributed by atoms with Crippen molar-refractivity contribution in [3.05, 3.63) is 28.3 Å². The molecule has 1 unspecified atom stereocenters. The van der Waals surface area contributed by atoms with Crippen LogP contribution in [-0.4, -0.2) is 33.7 Å². The van der Waals surface area contributed by atoms with Gasteiger partial charge in [0, 0.05) is 17.1 Å². The molecule has 1 fully saturated rings. The monoisotopic (exact) mass is 338 g/mol. The zero-order valence-electron chi connectivity index (χ0n) is 10.6. The molecule has 0 saturated carbocycles. The van der Waals surface area contributed by atoms with Crippen molar-refractivity contribution < 1.29 is 22.7 Å². The van der Waals surface area contributed by atoms with E-state index in [0.717, 1.165) is 6.07 Å². The minimum absolute atomic E-state index is 0.000694. The van der Waals surface area contributed by atoms with Gasteiger partial charge in [0.15, 0.2) is 0 Å². The third-order valence-electron chi connectivity index (χ3n) is 2.88. The van der Waals surface area contributed by atoms with Crippen molar-refractivity contribution >= 4 is 37.3 Å². The summed E-state index contributed by atoms with van der Waals surface area (Å²) in [5.74, 6) is -0.623. The summed E-state index contributed by atoms with van der Waals surface area (Å²) in [7, 11) is 1.27. The first-order valence-electron chi connectivity index (χ1n) is 5.82. The van der Waals surface area contributed by atoms with Gasteiger partial charge < -0.3 is 9.47 Å². The van der Waals surface area contributed by atoms with Crippen LogP contribution in [0, 0.1) is 6.92 Å². The molecule has 1 aliphatic rings. The van der Waals surface area contributed by atoms with E-state index in [1.54, 1.807) is 6.92 Å². The number of benzene rings is 1. The Hall–Kier alpha value is -0.820. The minimum atomic E-state index is -4.03. The van der Waals surface area contributed by atoms with Gasteiger partial charge in [-0.1, -0.05) is 11.6 Å². The van der Waals surface area contributed by atoms with Gasteiger partial charge in [0.1, 0.15) is 11.0 Å². The lowest BCUT2D eigenvalue weighted by atomic mass is 10.1. The van der Waals surface area contributed by atoms with Crippen LogP contribution in [0.25, 0.3) is 0 Å². The lowest BCUT2D eigenvalue weighted by Crippen LogP contribution is -2.18. The fourth-order valence-corrected chi connectivity index (χ4v) is 3.40. The summed E-state index contributed by atoms with van der Waals surface area (Å²) in [6, 6.07) is 2.59. The molecule has 110 valence electrons. The first kappa shape index (κ1) is 15.6. The molecule has 1 aliphatic heterocycles. The number of aryl methyl sites for hydroxylation is 1. The quantitative estimate of drug-likeness (QED) is 0.625. The predicted molar refractivity (Wildman–Crippen MR) is 73.9 cm³/mol. The smallest absolute Gasteiger partial charge is 0.338 e.